The van der Waals surface area contributed by atoms with Gasteiger partial charge in [-0.15, -0.1) is 0 Å². The summed E-state index contributed by atoms with van der Waals surface area (Å²) in [6.45, 7) is 0. The van der Waals surface area contributed by atoms with E-state index in [1.807, 2.05) is 84.9 Å². The maximum absolute atomic E-state index is 6.88. The average molecular weight is 471 g/mol. The lowest BCUT2D eigenvalue weighted by Gasteiger charge is -2.10. The highest BCUT2D eigenvalue weighted by Gasteiger charge is 2.24. The standard InChI is InChI=1S/C30H22N4S/c31-27-25(21-13-5-1-6-14-21)32-28(23-17-9-3-10-18-23)34(27)30-26(22-15-7-2-8-16-22)33-29(35-30)24-19-11-4-12-20-24/h1-20H,31H2. The number of benzene rings is 4. The maximum Gasteiger partial charge on any atom is 0.147 e. The van der Waals surface area contributed by atoms with E-state index in [4.69, 9.17) is 15.7 Å². The third-order valence-corrected chi connectivity index (χ3v) is 6.96. The van der Waals surface area contributed by atoms with Crippen LogP contribution >= 0.6 is 11.3 Å². The van der Waals surface area contributed by atoms with Crippen molar-refractivity contribution in [3.05, 3.63) is 121 Å². The summed E-state index contributed by atoms with van der Waals surface area (Å²) in [6, 6.07) is 40.8. The highest BCUT2D eigenvalue weighted by molar-refractivity contribution is 7.18. The van der Waals surface area contributed by atoms with E-state index in [9.17, 15) is 0 Å². The first-order chi connectivity index (χ1) is 17.3. The normalized spacial score (nSPS) is 11.0. The Balaban J connectivity index is 1.65. The van der Waals surface area contributed by atoms with E-state index in [0.29, 0.717) is 5.82 Å². The van der Waals surface area contributed by atoms with Crippen LogP contribution in [0.25, 0.3) is 49.5 Å². The zero-order chi connectivity index (χ0) is 23.6. The smallest absolute Gasteiger partial charge is 0.147 e. The molecule has 2 N–H and O–H groups in total. The molecule has 0 saturated heterocycles. The van der Waals surface area contributed by atoms with Crippen LogP contribution in [0.5, 0.6) is 0 Å². The monoisotopic (exact) mass is 470 g/mol. The van der Waals surface area contributed by atoms with Gasteiger partial charge in [0.2, 0.25) is 0 Å². The van der Waals surface area contributed by atoms with Gasteiger partial charge in [-0.1, -0.05) is 133 Å². The first-order valence-corrected chi connectivity index (χ1v) is 12.2. The van der Waals surface area contributed by atoms with Gasteiger partial charge in [0.1, 0.15) is 33.0 Å². The number of rotatable bonds is 5. The van der Waals surface area contributed by atoms with Crippen molar-refractivity contribution in [1.82, 2.24) is 14.5 Å². The summed E-state index contributed by atoms with van der Waals surface area (Å²) in [7, 11) is 0. The Bertz CT molecular complexity index is 1570. The average Bonchev–Trinajstić information content (AvgIpc) is 3.52. The van der Waals surface area contributed by atoms with Gasteiger partial charge < -0.3 is 5.73 Å². The molecule has 0 radical (unpaired) electrons. The van der Waals surface area contributed by atoms with Crippen LogP contribution in [0, 0.1) is 0 Å². The minimum Gasteiger partial charge on any atom is -0.383 e. The van der Waals surface area contributed by atoms with Crippen molar-refractivity contribution >= 4 is 17.2 Å². The Morgan fingerprint density at radius 1 is 0.514 bits per heavy atom. The van der Waals surface area contributed by atoms with Gasteiger partial charge >= 0.3 is 0 Å². The summed E-state index contributed by atoms with van der Waals surface area (Å²) in [5, 5.41) is 1.88. The molecule has 4 aromatic carbocycles. The maximum atomic E-state index is 6.88. The van der Waals surface area contributed by atoms with Crippen molar-refractivity contribution in [1.29, 1.82) is 0 Å². The van der Waals surface area contributed by atoms with E-state index in [1.54, 1.807) is 11.3 Å². The molecule has 5 heteroatoms. The molecule has 4 nitrogen and oxygen atoms in total. The molecule has 0 atom stereocenters. The molecule has 0 aliphatic rings. The molecule has 0 fully saturated rings. The Labute approximate surface area is 208 Å². The van der Waals surface area contributed by atoms with Crippen molar-refractivity contribution in [2.45, 2.75) is 0 Å². The fourth-order valence-corrected chi connectivity index (χ4v) is 5.29. The Morgan fingerprint density at radius 2 is 0.971 bits per heavy atom. The fraction of sp³-hybridized carbons (Fsp3) is 0. The molecular weight excluding hydrogens is 448 g/mol. The zero-order valence-electron chi connectivity index (χ0n) is 18.9. The van der Waals surface area contributed by atoms with Crippen LogP contribution < -0.4 is 5.73 Å². The van der Waals surface area contributed by atoms with Crippen LogP contribution in [-0.2, 0) is 0 Å². The second-order valence-electron chi connectivity index (χ2n) is 8.14. The van der Waals surface area contributed by atoms with E-state index < -0.39 is 0 Å². The summed E-state index contributed by atoms with van der Waals surface area (Å²) < 4.78 is 2.06. The van der Waals surface area contributed by atoms with Gasteiger partial charge in [-0.25, -0.2) is 9.97 Å². The summed E-state index contributed by atoms with van der Waals surface area (Å²) in [6.07, 6.45) is 0. The number of nitrogens with zero attached hydrogens (tertiary/aromatic N) is 3. The van der Waals surface area contributed by atoms with Crippen molar-refractivity contribution in [3.8, 4) is 49.5 Å². The van der Waals surface area contributed by atoms with Crippen LogP contribution in [0.4, 0.5) is 5.82 Å². The van der Waals surface area contributed by atoms with Crippen molar-refractivity contribution < 1.29 is 0 Å². The number of aromatic nitrogens is 3. The summed E-state index contributed by atoms with van der Waals surface area (Å²) >= 11 is 1.62. The van der Waals surface area contributed by atoms with Gasteiger partial charge in [0.05, 0.1) is 0 Å². The second-order valence-corrected chi connectivity index (χ2v) is 9.12. The van der Waals surface area contributed by atoms with Gasteiger partial charge in [0.15, 0.2) is 0 Å². The summed E-state index contributed by atoms with van der Waals surface area (Å²) in [4.78, 5) is 10.2. The minimum atomic E-state index is 0.593. The molecule has 0 unspecified atom stereocenters. The van der Waals surface area contributed by atoms with Crippen molar-refractivity contribution in [3.63, 3.8) is 0 Å². The predicted octanol–water partition coefficient (Wildman–Crippen LogP) is 7.58. The molecule has 6 aromatic rings. The predicted molar refractivity (Wildman–Crippen MR) is 145 cm³/mol. The van der Waals surface area contributed by atoms with E-state index in [2.05, 4.69) is 41.0 Å². The number of hydrogen-bond donors (Lipinski definition) is 1. The number of hydrogen-bond acceptors (Lipinski definition) is 4. The molecule has 0 amide bonds. The van der Waals surface area contributed by atoms with E-state index in [0.717, 1.165) is 49.5 Å². The first kappa shape index (κ1) is 21.1. The first-order valence-electron chi connectivity index (χ1n) is 11.4. The highest BCUT2D eigenvalue weighted by atomic mass is 32.1. The van der Waals surface area contributed by atoms with Crippen LogP contribution in [0.15, 0.2) is 121 Å². The molecule has 0 bridgehead atoms. The largest absolute Gasteiger partial charge is 0.383 e. The highest BCUT2D eigenvalue weighted by Crippen LogP contribution is 2.42. The van der Waals surface area contributed by atoms with E-state index in [-0.39, 0.29) is 0 Å². The molecule has 2 heterocycles. The van der Waals surface area contributed by atoms with Crippen LogP contribution in [0.1, 0.15) is 0 Å². The zero-order valence-corrected chi connectivity index (χ0v) is 19.7. The van der Waals surface area contributed by atoms with Crippen molar-refractivity contribution in [2.75, 3.05) is 5.73 Å². The number of thiazole rings is 1. The molecule has 0 aliphatic carbocycles. The number of imidazole rings is 1. The van der Waals surface area contributed by atoms with E-state index in [1.165, 1.54) is 0 Å². The SMILES string of the molecule is Nc1c(-c2ccccc2)nc(-c2ccccc2)n1-c1sc(-c2ccccc2)nc1-c1ccccc1. The van der Waals surface area contributed by atoms with Gasteiger partial charge in [-0.2, -0.15) is 0 Å². The Hall–Kier alpha value is -4.48. The third kappa shape index (κ3) is 3.92. The van der Waals surface area contributed by atoms with Gasteiger partial charge in [0, 0.05) is 22.3 Å². The second kappa shape index (κ2) is 9.05. The fourth-order valence-electron chi connectivity index (χ4n) is 4.18. The molecule has 0 spiro atoms. The number of nitrogens with two attached hydrogens (primary N) is 1. The van der Waals surface area contributed by atoms with E-state index >= 15 is 0 Å². The lowest BCUT2D eigenvalue weighted by atomic mass is 10.1. The third-order valence-electron chi connectivity index (χ3n) is 5.87. The molecular formula is C30H22N4S. The van der Waals surface area contributed by atoms with Gasteiger partial charge in [-0.05, 0) is 0 Å². The van der Waals surface area contributed by atoms with Crippen LogP contribution in [0.3, 0.4) is 0 Å². The molecule has 2 aromatic heterocycles. The summed E-state index contributed by atoms with van der Waals surface area (Å²) in [5.74, 6) is 1.39. The number of nitrogen functional groups attached to an aromatic ring is 1. The lowest BCUT2D eigenvalue weighted by molar-refractivity contribution is 1.10. The Morgan fingerprint density at radius 3 is 1.51 bits per heavy atom. The molecule has 35 heavy (non-hydrogen) atoms. The van der Waals surface area contributed by atoms with Crippen LogP contribution in [-0.4, -0.2) is 14.5 Å². The number of anilines is 1. The minimum absolute atomic E-state index is 0.593. The van der Waals surface area contributed by atoms with Gasteiger partial charge in [-0.3, -0.25) is 4.57 Å². The molecule has 168 valence electrons. The van der Waals surface area contributed by atoms with Crippen LogP contribution in [0.2, 0.25) is 0 Å². The lowest BCUT2D eigenvalue weighted by Crippen LogP contribution is -2.02. The quantitative estimate of drug-likeness (QED) is 0.282. The topological polar surface area (TPSA) is 56.7 Å². The summed E-state index contributed by atoms with van der Waals surface area (Å²) in [5.41, 5.74) is 12.6. The molecule has 0 aliphatic heterocycles. The Kier molecular flexibility index (Phi) is 5.45. The van der Waals surface area contributed by atoms with Gasteiger partial charge in [0.25, 0.3) is 0 Å². The molecule has 0 saturated carbocycles. The molecule has 6 rings (SSSR count). The van der Waals surface area contributed by atoms with Crippen molar-refractivity contribution in [2.24, 2.45) is 0 Å².